The van der Waals surface area contributed by atoms with E-state index in [0.717, 1.165) is 5.56 Å². The Morgan fingerprint density at radius 1 is 1.52 bits per heavy atom. The quantitative estimate of drug-likeness (QED) is 0.869. The number of nitrogens with one attached hydrogen (secondary N) is 2. The molecule has 1 atom stereocenters. The Morgan fingerprint density at radius 3 is 2.95 bits per heavy atom. The summed E-state index contributed by atoms with van der Waals surface area (Å²) in [6.07, 6.45) is 2.19. The number of amides is 2. The second kappa shape index (κ2) is 7.31. The Kier molecular flexibility index (Phi) is 5.44. The summed E-state index contributed by atoms with van der Waals surface area (Å²) in [6, 6.07) is 5.55. The maximum Gasteiger partial charge on any atom is 0.220 e. The number of piperidine rings is 1. The van der Waals surface area contributed by atoms with Gasteiger partial charge in [0.05, 0.1) is 12.1 Å². The van der Waals surface area contributed by atoms with Crippen molar-refractivity contribution in [3.05, 3.63) is 28.8 Å². The van der Waals surface area contributed by atoms with Crippen molar-refractivity contribution in [1.82, 2.24) is 10.6 Å². The SMILES string of the molecule is COc1ccc(CCC(=O)NC2CCC(=O)NC2)cc1Cl. The van der Waals surface area contributed by atoms with Gasteiger partial charge in [0.25, 0.3) is 0 Å². The fourth-order valence-corrected chi connectivity index (χ4v) is 2.56. The standard InChI is InChI=1S/C15H19ClN2O3/c1-21-13-5-2-10(8-12(13)16)3-6-15(20)18-11-4-7-14(19)17-9-11/h2,5,8,11H,3-4,6-7,9H2,1H3,(H,17,19)(H,18,20). The van der Waals surface area contributed by atoms with Gasteiger partial charge >= 0.3 is 0 Å². The van der Waals surface area contributed by atoms with Gasteiger partial charge in [-0.1, -0.05) is 17.7 Å². The van der Waals surface area contributed by atoms with Gasteiger partial charge in [0, 0.05) is 25.4 Å². The van der Waals surface area contributed by atoms with E-state index in [4.69, 9.17) is 16.3 Å². The summed E-state index contributed by atoms with van der Waals surface area (Å²) in [5.41, 5.74) is 0.993. The molecule has 0 saturated carbocycles. The van der Waals surface area contributed by atoms with Gasteiger partial charge in [-0.3, -0.25) is 9.59 Å². The average Bonchev–Trinajstić information content (AvgIpc) is 2.48. The van der Waals surface area contributed by atoms with Gasteiger partial charge in [0.1, 0.15) is 5.75 Å². The highest BCUT2D eigenvalue weighted by Gasteiger charge is 2.19. The summed E-state index contributed by atoms with van der Waals surface area (Å²) in [4.78, 5) is 22.9. The van der Waals surface area contributed by atoms with Crippen molar-refractivity contribution in [1.29, 1.82) is 0 Å². The van der Waals surface area contributed by atoms with Gasteiger partial charge in [-0.25, -0.2) is 0 Å². The molecule has 0 aliphatic carbocycles. The molecule has 1 aromatic rings. The molecule has 1 unspecified atom stereocenters. The Labute approximate surface area is 129 Å². The number of hydrogen-bond donors (Lipinski definition) is 2. The lowest BCUT2D eigenvalue weighted by Crippen LogP contribution is -2.47. The highest BCUT2D eigenvalue weighted by Crippen LogP contribution is 2.25. The number of halogens is 1. The largest absolute Gasteiger partial charge is 0.495 e. The van der Waals surface area contributed by atoms with E-state index in [1.54, 1.807) is 13.2 Å². The lowest BCUT2D eigenvalue weighted by molar-refractivity contribution is -0.125. The molecule has 5 nitrogen and oxygen atoms in total. The topological polar surface area (TPSA) is 67.4 Å². The minimum absolute atomic E-state index is 0.0110. The second-order valence-corrected chi connectivity index (χ2v) is 5.48. The minimum atomic E-state index is -0.0110. The van der Waals surface area contributed by atoms with E-state index in [1.807, 2.05) is 12.1 Å². The molecule has 2 rings (SSSR count). The number of ether oxygens (including phenoxy) is 1. The first-order chi connectivity index (χ1) is 10.1. The Balaban J connectivity index is 1.78. The number of carbonyl (C=O) groups is 2. The fourth-order valence-electron chi connectivity index (χ4n) is 2.28. The smallest absolute Gasteiger partial charge is 0.220 e. The molecule has 0 spiro atoms. The zero-order chi connectivity index (χ0) is 15.2. The van der Waals surface area contributed by atoms with Crippen LogP contribution >= 0.6 is 11.6 Å². The third kappa shape index (κ3) is 4.63. The number of benzene rings is 1. The monoisotopic (exact) mass is 310 g/mol. The lowest BCUT2D eigenvalue weighted by atomic mass is 10.1. The van der Waals surface area contributed by atoms with E-state index < -0.39 is 0 Å². The molecule has 1 saturated heterocycles. The summed E-state index contributed by atoms with van der Waals surface area (Å²) < 4.78 is 5.09. The van der Waals surface area contributed by atoms with Crippen molar-refractivity contribution in [2.45, 2.75) is 31.7 Å². The van der Waals surface area contributed by atoms with Crippen molar-refractivity contribution in [2.75, 3.05) is 13.7 Å². The molecule has 21 heavy (non-hydrogen) atoms. The molecule has 1 aliphatic heterocycles. The summed E-state index contributed by atoms with van der Waals surface area (Å²) in [7, 11) is 1.57. The first-order valence-electron chi connectivity index (χ1n) is 6.97. The summed E-state index contributed by atoms with van der Waals surface area (Å²) in [5, 5.41) is 6.23. The molecule has 1 aromatic carbocycles. The molecule has 2 N–H and O–H groups in total. The molecular weight excluding hydrogens is 292 g/mol. The van der Waals surface area contributed by atoms with Crippen molar-refractivity contribution in [3.63, 3.8) is 0 Å². The average molecular weight is 311 g/mol. The van der Waals surface area contributed by atoms with E-state index in [2.05, 4.69) is 10.6 Å². The fraction of sp³-hybridized carbons (Fsp3) is 0.467. The maximum atomic E-state index is 11.9. The van der Waals surface area contributed by atoms with Crippen LogP contribution in [0.25, 0.3) is 0 Å². The van der Waals surface area contributed by atoms with Crippen molar-refractivity contribution < 1.29 is 14.3 Å². The molecule has 6 heteroatoms. The summed E-state index contributed by atoms with van der Waals surface area (Å²) >= 11 is 6.05. The molecular formula is C15H19ClN2O3. The molecule has 1 aliphatic rings. The van der Waals surface area contributed by atoms with Gasteiger partial charge in [0.2, 0.25) is 11.8 Å². The van der Waals surface area contributed by atoms with E-state index in [-0.39, 0.29) is 17.9 Å². The molecule has 0 bridgehead atoms. The zero-order valence-electron chi connectivity index (χ0n) is 11.9. The Bertz CT molecular complexity index is 524. The van der Waals surface area contributed by atoms with E-state index in [9.17, 15) is 9.59 Å². The van der Waals surface area contributed by atoms with Crippen LogP contribution in [0.2, 0.25) is 5.02 Å². The minimum Gasteiger partial charge on any atom is -0.495 e. The van der Waals surface area contributed by atoms with Crippen molar-refractivity contribution >= 4 is 23.4 Å². The van der Waals surface area contributed by atoms with E-state index in [0.29, 0.717) is 43.0 Å². The van der Waals surface area contributed by atoms with Gasteiger partial charge in [-0.15, -0.1) is 0 Å². The van der Waals surface area contributed by atoms with Crippen molar-refractivity contribution in [2.24, 2.45) is 0 Å². The van der Waals surface area contributed by atoms with Crippen LogP contribution in [0.5, 0.6) is 5.75 Å². The van der Waals surface area contributed by atoms with E-state index >= 15 is 0 Å². The molecule has 0 radical (unpaired) electrons. The second-order valence-electron chi connectivity index (χ2n) is 5.08. The van der Waals surface area contributed by atoms with Crippen LogP contribution in [0.1, 0.15) is 24.8 Å². The van der Waals surface area contributed by atoms with Crippen LogP contribution in [0.3, 0.4) is 0 Å². The first kappa shape index (κ1) is 15.6. The highest BCUT2D eigenvalue weighted by atomic mass is 35.5. The first-order valence-corrected chi connectivity index (χ1v) is 7.34. The van der Waals surface area contributed by atoms with Crippen LogP contribution in [0.15, 0.2) is 18.2 Å². The van der Waals surface area contributed by atoms with Crippen LogP contribution in [0, 0.1) is 0 Å². The van der Waals surface area contributed by atoms with Crippen molar-refractivity contribution in [3.8, 4) is 5.75 Å². The summed E-state index contributed by atoms with van der Waals surface area (Å²) in [6.45, 7) is 0.513. The molecule has 0 aromatic heterocycles. The van der Waals surface area contributed by atoms with Gasteiger partial charge in [0.15, 0.2) is 0 Å². The van der Waals surface area contributed by atoms with Crippen LogP contribution in [0.4, 0.5) is 0 Å². The van der Waals surface area contributed by atoms with E-state index in [1.165, 1.54) is 0 Å². The zero-order valence-corrected chi connectivity index (χ0v) is 12.7. The number of hydrogen-bond acceptors (Lipinski definition) is 3. The predicted molar refractivity (Wildman–Crippen MR) is 80.5 cm³/mol. The third-order valence-corrected chi connectivity index (χ3v) is 3.78. The summed E-state index contributed by atoms with van der Waals surface area (Å²) in [5.74, 6) is 0.666. The third-order valence-electron chi connectivity index (χ3n) is 3.49. The maximum absolute atomic E-state index is 11.9. The normalized spacial score (nSPS) is 18.0. The Hall–Kier alpha value is -1.75. The number of aryl methyl sites for hydroxylation is 1. The van der Waals surface area contributed by atoms with Gasteiger partial charge < -0.3 is 15.4 Å². The van der Waals surface area contributed by atoms with Crippen LogP contribution < -0.4 is 15.4 Å². The number of carbonyl (C=O) groups excluding carboxylic acids is 2. The van der Waals surface area contributed by atoms with Gasteiger partial charge in [-0.2, -0.15) is 0 Å². The number of methoxy groups -OCH3 is 1. The lowest BCUT2D eigenvalue weighted by Gasteiger charge is -2.23. The molecule has 114 valence electrons. The highest BCUT2D eigenvalue weighted by molar-refractivity contribution is 6.32. The molecule has 1 fully saturated rings. The number of rotatable bonds is 5. The predicted octanol–water partition coefficient (Wildman–Crippen LogP) is 1.68. The van der Waals surface area contributed by atoms with Gasteiger partial charge in [-0.05, 0) is 30.5 Å². The molecule has 2 amide bonds. The Morgan fingerprint density at radius 2 is 2.33 bits per heavy atom. The van der Waals surface area contributed by atoms with Crippen LogP contribution in [-0.2, 0) is 16.0 Å². The van der Waals surface area contributed by atoms with Crippen LogP contribution in [-0.4, -0.2) is 31.5 Å². The molecule has 1 heterocycles.